The number of nitrogens with zero attached hydrogens (tertiary/aromatic N) is 3. The Bertz CT molecular complexity index is 357. The molecule has 5 heteroatoms. The number of rotatable bonds is 4. The van der Waals surface area contributed by atoms with Crippen molar-refractivity contribution in [3.8, 4) is 5.88 Å². The van der Waals surface area contributed by atoms with E-state index in [4.69, 9.17) is 4.74 Å². The van der Waals surface area contributed by atoms with Crippen LogP contribution >= 0.6 is 0 Å². The Morgan fingerprint density at radius 2 is 2.13 bits per heavy atom. The second kappa shape index (κ2) is 5.09. The smallest absolute Gasteiger partial charge is 0.233 e. The van der Waals surface area contributed by atoms with E-state index in [1.54, 1.807) is 23.2 Å². The molecule has 0 aliphatic carbocycles. The van der Waals surface area contributed by atoms with Gasteiger partial charge in [-0.3, -0.25) is 4.79 Å². The standard InChI is InChI=1S/C10H13N3O2/c1-13(2)6-8(7-14)9-4-5-10(15-3)12-11-9/h4-7H,1-3H3. The topological polar surface area (TPSA) is 55.3 Å². The van der Waals surface area contributed by atoms with Gasteiger partial charge in [-0.25, -0.2) is 0 Å². The van der Waals surface area contributed by atoms with Crippen LogP contribution in [0.2, 0.25) is 0 Å². The van der Waals surface area contributed by atoms with Crippen molar-refractivity contribution in [3.05, 3.63) is 24.0 Å². The van der Waals surface area contributed by atoms with E-state index in [0.717, 1.165) is 6.29 Å². The maximum absolute atomic E-state index is 10.8. The number of methoxy groups -OCH3 is 1. The third-order valence-electron chi connectivity index (χ3n) is 1.67. The highest BCUT2D eigenvalue weighted by Gasteiger charge is 2.03. The van der Waals surface area contributed by atoms with Crippen molar-refractivity contribution in [2.24, 2.45) is 0 Å². The third kappa shape index (κ3) is 3.05. The summed E-state index contributed by atoms with van der Waals surface area (Å²) in [5, 5.41) is 7.66. The Morgan fingerprint density at radius 1 is 1.40 bits per heavy atom. The quantitative estimate of drug-likeness (QED) is 0.534. The van der Waals surface area contributed by atoms with E-state index in [1.807, 2.05) is 14.1 Å². The summed E-state index contributed by atoms with van der Waals surface area (Å²) >= 11 is 0. The monoisotopic (exact) mass is 207 g/mol. The van der Waals surface area contributed by atoms with Crippen LogP contribution in [0.3, 0.4) is 0 Å². The largest absolute Gasteiger partial charge is 0.480 e. The van der Waals surface area contributed by atoms with Crippen molar-refractivity contribution in [1.29, 1.82) is 0 Å². The van der Waals surface area contributed by atoms with E-state index in [2.05, 4.69) is 10.2 Å². The zero-order valence-corrected chi connectivity index (χ0v) is 8.97. The first-order valence-electron chi connectivity index (χ1n) is 4.39. The Kier molecular flexibility index (Phi) is 3.79. The number of carbonyl (C=O) groups is 1. The first-order chi connectivity index (χ1) is 7.17. The maximum Gasteiger partial charge on any atom is 0.233 e. The predicted molar refractivity (Wildman–Crippen MR) is 56.3 cm³/mol. The summed E-state index contributed by atoms with van der Waals surface area (Å²) in [4.78, 5) is 12.6. The molecule has 1 rings (SSSR count). The average molecular weight is 207 g/mol. The molecular formula is C10H13N3O2. The molecule has 80 valence electrons. The summed E-state index contributed by atoms with van der Waals surface area (Å²) in [6.45, 7) is 0. The highest BCUT2D eigenvalue weighted by molar-refractivity contribution is 6.05. The van der Waals surface area contributed by atoms with E-state index >= 15 is 0 Å². The summed E-state index contributed by atoms with van der Waals surface area (Å²) in [7, 11) is 5.18. The average Bonchev–Trinajstić information content (AvgIpc) is 2.26. The fourth-order valence-corrected chi connectivity index (χ4v) is 1.02. The Balaban J connectivity index is 2.98. The molecule has 0 aliphatic rings. The molecule has 1 aromatic heterocycles. The number of aromatic nitrogens is 2. The number of ether oxygens (including phenoxy) is 1. The van der Waals surface area contributed by atoms with Crippen LogP contribution in [0.5, 0.6) is 5.88 Å². The van der Waals surface area contributed by atoms with E-state index in [0.29, 0.717) is 17.1 Å². The molecule has 0 N–H and O–H groups in total. The highest BCUT2D eigenvalue weighted by Crippen LogP contribution is 2.11. The summed E-state index contributed by atoms with van der Waals surface area (Å²) in [5.41, 5.74) is 1.01. The van der Waals surface area contributed by atoms with Gasteiger partial charge in [-0.1, -0.05) is 0 Å². The Labute approximate surface area is 88.4 Å². The van der Waals surface area contributed by atoms with Gasteiger partial charge in [-0.2, -0.15) is 0 Å². The lowest BCUT2D eigenvalue weighted by Gasteiger charge is -2.06. The van der Waals surface area contributed by atoms with Gasteiger partial charge in [0.1, 0.15) is 0 Å². The lowest BCUT2D eigenvalue weighted by atomic mass is 10.2. The number of allylic oxidation sites excluding steroid dienone is 1. The van der Waals surface area contributed by atoms with Crippen molar-refractivity contribution in [2.45, 2.75) is 0 Å². The van der Waals surface area contributed by atoms with Crippen molar-refractivity contribution in [3.63, 3.8) is 0 Å². The van der Waals surface area contributed by atoms with Gasteiger partial charge in [0.25, 0.3) is 0 Å². The molecule has 0 unspecified atom stereocenters. The molecule has 0 saturated carbocycles. The van der Waals surface area contributed by atoms with Gasteiger partial charge in [0.05, 0.1) is 18.4 Å². The van der Waals surface area contributed by atoms with Crippen LogP contribution in [-0.4, -0.2) is 42.6 Å². The molecule has 0 radical (unpaired) electrons. The van der Waals surface area contributed by atoms with Gasteiger partial charge < -0.3 is 9.64 Å². The summed E-state index contributed by atoms with van der Waals surface area (Å²) in [6.07, 6.45) is 2.43. The fraction of sp³-hybridized carbons (Fsp3) is 0.300. The molecule has 0 spiro atoms. The van der Waals surface area contributed by atoms with Crippen LogP contribution < -0.4 is 4.74 Å². The summed E-state index contributed by atoms with van der Waals surface area (Å²) in [5.74, 6) is 0.425. The predicted octanol–water partition coefficient (Wildman–Crippen LogP) is 0.587. The minimum atomic E-state index is 0.425. The lowest BCUT2D eigenvalue weighted by Crippen LogP contribution is -2.04. The van der Waals surface area contributed by atoms with Crippen LogP contribution in [0.4, 0.5) is 0 Å². The van der Waals surface area contributed by atoms with Gasteiger partial charge in [-0.15, -0.1) is 10.2 Å². The normalized spacial score (nSPS) is 11.0. The molecule has 1 aromatic rings. The van der Waals surface area contributed by atoms with Crippen molar-refractivity contribution in [2.75, 3.05) is 21.2 Å². The van der Waals surface area contributed by atoms with Crippen molar-refractivity contribution >= 4 is 11.9 Å². The number of hydrogen-bond donors (Lipinski definition) is 0. The summed E-state index contributed by atoms with van der Waals surface area (Å²) < 4.78 is 4.87. The Hall–Kier alpha value is -1.91. The second-order valence-electron chi connectivity index (χ2n) is 3.13. The van der Waals surface area contributed by atoms with Gasteiger partial charge >= 0.3 is 0 Å². The molecule has 5 nitrogen and oxygen atoms in total. The van der Waals surface area contributed by atoms with Crippen molar-refractivity contribution in [1.82, 2.24) is 15.1 Å². The minimum Gasteiger partial charge on any atom is -0.480 e. The first kappa shape index (κ1) is 11.2. The zero-order chi connectivity index (χ0) is 11.3. The maximum atomic E-state index is 10.8. The van der Waals surface area contributed by atoms with E-state index in [9.17, 15) is 4.79 Å². The molecule has 1 heterocycles. The molecule has 0 atom stereocenters. The summed E-state index contributed by atoms with van der Waals surface area (Å²) in [6, 6.07) is 3.35. The van der Waals surface area contributed by atoms with Gasteiger partial charge in [0, 0.05) is 26.4 Å². The zero-order valence-electron chi connectivity index (χ0n) is 8.97. The molecule has 0 aromatic carbocycles. The molecular weight excluding hydrogens is 194 g/mol. The van der Waals surface area contributed by atoms with E-state index < -0.39 is 0 Å². The second-order valence-corrected chi connectivity index (χ2v) is 3.13. The van der Waals surface area contributed by atoms with Crippen LogP contribution in [0, 0.1) is 0 Å². The molecule has 0 amide bonds. The molecule has 15 heavy (non-hydrogen) atoms. The van der Waals surface area contributed by atoms with Crippen LogP contribution in [-0.2, 0) is 4.79 Å². The lowest BCUT2D eigenvalue weighted by molar-refractivity contribution is -0.103. The molecule has 0 fully saturated rings. The van der Waals surface area contributed by atoms with Crippen LogP contribution in [0.1, 0.15) is 5.69 Å². The SMILES string of the molecule is COc1ccc(C(C=O)=CN(C)C)nn1. The van der Waals surface area contributed by atoms with Crippen LogP contribution in [0.25, 0.3) is 5.57 Å². The number of carbonyl (C=O) groups excluding carboxylic acids is 1. The van der Waals surface area contributed by atoms with E-state index in [1.165, 1.54) is 7.11 Å². The molecule has 0 bridgehead atoms. The highest BCUT2D eigenvalue weighted by atomic mass is 16.5. The fourth-order valence-electron chi connectivity index (χ4n) is 1.02. The van der Waals surface area contributed by atoms with Gasteiger partial charge in [0.2, 0.25) is 5.88 Å². The van der Waals surface area contributed by atoms with Crippen molar-refractivity contribution < 1.29 is 9.53 Å². The van der Waals surface area contributed by atoms with E-state index in [-0.39, 0.29) is 0 Å². The third-order valence-corrected chi connectivity index (χ3v) is 1.67. The molecule has 0 aliphatic heterocycles. The van der Waals surface area contributed by atoms with Gasteiger partial charge in [-0.05, 0) is 6.07 Å². The first-order valence-corrected chi connectivity index (χ1v) is 4.39. The molecule has 0 saturated heterocycles. The van der Waals surface area contributed by atoms with Gasteiger partial charge in [0.15, 0.2) is 6.29 Å². The minimum absolute atomic E-state index is 0.425. The Morgan fingerprint density at radius 3 is 2.53 bits per heavy atom. The van der Waals surface area contributed by atoms with Crippen LogP contribution in [0.15, 0.2) is 18.3 Å². The number of aldehydes is 1. The number of hydrogen-bond acceptors (Lipinski definition) is 5.